The number of ether oxygens (including phenoxy) is 2. The monoisotopic (exact) mass is 425 g/mol. The molecule has 0 unspecified atom stereocenters. The van der Waals surface area contributed by atoms with Gasteiger partial charge in [0.05, 0.1) is 14.2 Å². The summed E-state index contributed by atoms with van der Waals surface area (Å²) in [6.07, 6.45) is 4.27. The van der Waals surface area contributed by atoms with E-state index in [1.54, 1.807) is 25.2 Å². The van der Waals surface area contributed by atoms with Crippen LogP contribution in [0.1, 0.15) is 12.0 Å². The van der Waals surface area contributed by atoms with Gasteiger partial charge in [0.15, 0.2) is 5.13 Å². The summed E-state index contributed by atoms with van der Waals surface area (Å²) in [5, 5.41) is 0.634. The smallest absolute Gasteiger partial charge is 0.252 e. The van der Waals surface area contributed by atoms with Crippen LogP contribution >= 0.6 is 11.3 Å². The first-order valence-electron chi connectivity index (χ1n) is 9.74. The van der Waals surface area contributed by atoms with E-state index in [1.165, 1.54) is 11.3 Å². The van der Waals surface area contributed by atoms with E-state index >= 15 is 0 Å². The molecule has 3 rings (SSSR count). The van der Waals surface area contributed by atoms with E-state index in [2.05, 4.69) is 4.90 Å². The molecular weight excluding hydrogens is 398 g/mol. The molecule has 0 fully saturated rings. The molecule has 1 aromatic heterocycles. The summed E-state index contributed by atoms with van der Waals surface area (Å²) in [5.41, 5.74) is 1.68. The van der Waals surface area contributed by atoms with Gasteiger partial charge in [0.25, 0.3) is 5.91 Å². The van der Waals surface area contributed by atoms with E-state index in [9.17, 15) is 4.79 Å². The van der Waals surface area contributed by atoms with Crippen molar-refractivity contribution in [3.63, 3.8) is 0 Å². The van der Waals surface area contributed by atoms with Crippen molar-refractivity contribution in [2.24, 2.45) is 0 Å². The number of benzene rings is 2. The number of thiazole rings is 1. The molecule has 2 aromatic carbocycles. The van der Waals surface area contributed by atoms with Gasteiger partial charge in [0.1, 0.15) is 21.7 Å². The van der Waals surface area contributed by atoms with Gasteiger partial charge in [0, 0.05) is 12.6 Å². The Morgan fingerprint density at radius 2 is 1.73 bits per heavy atom. The lowest BCUT2D eigenvalue weighted by Gasteiger charge is -2.19. The van der Waals surface area contributed by atoms with Crippen LogP contribution < -0.4 is 14.4 Å². The summed E-state index contributed by atoms with van der Waals surface area (Å²) in [7, 11) is 7.29. The van der Waals surface area contributed by atoms with Crippen LogP contribution in [0.2, 0.25) is 0 Å². The average molecular weight is 426 g/mol. The van der Waals surface area contributed by atoms with Gasteiger partial charge in [-0.2, -0.15) is 0 Å². The highest BCUT2D eigenvalue weighted by Crippen LogP contribution is 2.40. The first kappa shape index (κ1) is 21.8. The Labute approximate surface area is 181 Å². The standard InChI is InChI=1S/C23H27N3O3S/c1-25(2)15-8-16-26(20(27)14-11-17-9-6-5-7-10-17)23-24-21-18(28-3)12-13-19(29-4)22(21)30-23/h5-7,9-14H,8,15-16H2,1-4H3/b14-11+. The van der Waals surface area contributed by atoms with Crippen molar-refractivity contribution < 1.29 is 14.3 Å². The predicted octanol–water partition coefficient (Wildman–Crippen LogP) is 4.31. The molecule has 0 spiro atoms. The van der Waals surface area contributed by atoms with Crippen molar-refractivity contribution in [3.8, 4) is 11.5 Å². The van der Waals surface area contributed by atoms with E-state index in [-0.39, 0.29) is 5.91 Å². The molecule has 0 aliphatic rings. The summed E-state index contributed by atoms with van der Waals surface area (Å²) in [6, 6.07) is 13.5. The van der Waals surface area contributed by atoms with Crippen LogP contribution in [-0.2, 0) is 4.79 Å². The molecule has 7 heteroatoms. The Morgan fingerprint density at radius 1 is 1.03 bits per heavy atom. The van der Waals surface area contributed by atoms with Gasteiger partial charge < -0.3 is 14.4 Å². The number of carbonyl (C=O) groups excluding carboxylic acids is 1. The normalized spacial score (nSPS) is 11.4. The minimum atomic E-state index is -0.102. The molecule has 158 valence electrons. The summed E-state index contributed by atoms with van der Waals surface area (Å²) in [4.78, 5) is 21.7. The second kappa shape index (κ2) is 10.2. The SMILES string of the molecule is COc1ccc(OC)c2sc(N(CCCN(C)C)C(=O)/C=C/c3ccccc3)nc12. The van der Waals surface area contributed by atoms with Crippen LogP contribution in [-0.4, -0.2) is 57.2 Å². The maximum absolute atomic E-state index is 13.1. The topological polar surface area (TPSA) is 54.9 Å². The zero-order chi connectivity index (χ0) is 21.5. The summed E-state index contributed by atoms with van der Waals surface area (Å²) < 4.78 is 11.8. The van der Waals surface area contributed by atoms with Crippen molar-refractivity contribution in [3.05, 3.63) is 54.1 Å². The Morgan fingerprint density at radius 3 is 2.40 bits per heavy atom. The van der Waals surface area contributed by atoms with E-state index in [0.717, 1.165) is 29.0 Å². The van der Waals surface area contributed by atoms with Gasteiger partial charge in [-0.25, -0.2) is 4.98 Å². The molecular formula is C23H27N3O3S. The summed E-state index contributed by atoms with van der Waals surface area (Å²) >= 11 is 1.44. The van der Waals surface area contributed by atoms with Gasteiger partial charge in [0.2, 0.25) is 0 Å². The number of hydrogen-bond acceptors (Lipinski definition) is 6. The first-order chi connectivity index (χ1) is 14.5. The zero-order valence-corrected chi connectivity index (χ0v) is 18.6. The molecule has 0 atom stereocenters. The van der Waals surface area contributed by atoms with Crippen molar-refractivity contribution in [2.45, 2.75) is 6.42 Å². The first-order valence-corrected chi connectivity index (χ1v) is 10.6. The molecule has 0 bridgehead atoms. The van der Waals surface area contributed by atoms with Crippen LogP contribution in [0, 0.1) is 0 Å². The molecule has 1 amide bonds. The molecule has 1 heterocycles. The van der Waals surface area contributed by atoms with Crippen molar-refractivity contribution in [1.82, 2.24) is 9.88 Å². The maximum Gasteiger partial charge on any atom is 0.252 e. The van der Waals surface area contributed by atoms with E-state index in [0.29, 0.717) is 22.9 Å². The second-order valence-corrected chi connectivity index (χ2v) is 8.01. The molecule has 0 radical (unpaired) electrons. The Bertz CT molecular complexity index is 974. The zero-order valence-electron chi connectivity index (χ0n) is 17.8. The quantitative estimate of drug-likeness (QED) is 0.478. The number of rotatable bonds is 9. The third kappa shape index (κ3) is 5.17. The highest BCUT2D eigenvalue weighted by molar-refractivity contribution is 7.22. The molecule has 0 aliphatic carbocycles. The molecule has 0 N–H and O–H groups in total. The number of fused-ring (bicyclic) bond motifs is 1. The van der Waals surface area contributed by atoms with Crippen LogP contribution in [0.15, 0.2) is 48.5 Å². The predicted molar refractivity (Wildman–Crippen MR) is 124 cm³/mol. The number of aromatic nitrogens is 1. The van der Waals surface area contributed by atoms with Crippen molar-refractivity contribution >= 4 is 38.7 Å². The van der Waals surface area contributed by atoms with Gasteiger partial charge in [-0.05, 0) is 50.8 Å². The summed E-state index contributed by atoms with van der Waals surface area (Å²) in [6.45, 7) is 1.45. The van der Waals surface area contributed by atoms with Crippen LogP contribution in [0.25, 0.3) is 16.3 Å². The van der Waals surface area contributed by atoms with Crippen molar-refractivity contribution in [1.29, 1.82) is 0 Å². The largest absolute Gasteiger partial charge is 0.495 e. The Hall–Kier alpha value is -2.90. The third-order valence-electron chi connectivity index (χ3n) is 4.60. The fourth-order valence-corrected chi connectivity index (χ4v) is 4.16. The van der Waals surface area contributed by atoms with Crippen LogP contribution in [0.4, 0.5) is 5.13 Å². The lowest BCUT2D eigenvalue weighted by Crippen LogP contribution is -2.32. The fourth-order valence-electron chi connectivity index (χ4n) is 3.06. The minimum Gasteiger partial charge on any atom is -0.495 e. The van der Waals surface area contributed by atoms with Gasteiger partial charge in [-0.3, -0.25) is 9.69 Å². The molecule has 6 nitrogen and oxygen atoms in total. The van der Waals surface area contributed by atoms with E-state index in [4.69, 9.17) is 14.5 Å². The highest BCUT2D eigenvalue weighted by Gasteiger charge is 2.21. The van der Waals surface area contributed by atoms with Crippen molar-refractivity contribution in [2.75, 3.05) is 46.3 Å². The number of hydrogen-bond donors (Lipinski definition) is 0. The number of anilines is 1. The van der Waals surface area contributed by atoms with Gasteiger partial charge in [-0.1, -0.05) is 41.7 Å². The second-order valence-electron chi connectivity index (χ2n) is 7.03. The van der Waals surface area contributed by atoms with Gasteiger partial charge in [-0.15, -0.1) is 0 Å². The van der Waals surface area contributed by atoms with Crippen LogP contribution in [0.5, 0.6) is 11.5 Å². The number of nitrogens with zero attached hydrogens (tertiary/aromatic N) is 3. The van der Waals surface area contributed by atoms with E-state index in [1.807, 2.05) is 62.6 Å². The minimum absolute atomic E-state index is 0.102. The maximum atomic E-state index is 13.1. The Kier molecular flexibility index (Phi) is 7.43. The molecule has 30 heavy (non-hydrogen) atoms. The lowest BCUT2D eigenvalue weighted by atomic mass is 10.2. The fraction of sp³-hybridized carbons (Fsp3) is 0.304. The molecule has 3 aromatic rings. The molecule has 0 saturated carbocycles. The number of carbonyl (C=O) groups is 1. The van der Waals surface area contributed by atoms with Gasteiger partial charge >= 0.3 is 0 Å². The third-order valence-corrected chi connectivity index (χ3v) is 5.69. The Balaban J connectivity index is 1.95. The lowest BCUT2D eigenvalue weighted by molar-refractivity contribution is -0.114. The number of methoxy groups -OCH3 is 2. The van der Waals surface area contributed by atoms with E-state index < -0.39 is 0 Å². The molecule has 0 aliphatic heterocycles. The summed E-state index contributed by atoms with van der Waals surface area (Å²) in [5.74, 6) is 1.28. The molecule has 0 saturated heterocycles. The number of amides is 1. The average Bonchev–Trinajstić information content (AvgIpc) is 3.20. The highest BCUT2D eigenvalue weighted by atomic mass is 32.1. The van der Waals surface area contributed by atoms with Crippen LogP contribution in [0.3, 0.4) is 0 Å².